The van der Waals surface area contributed by atoms with E-state index in [0.29, 0.717) is 10.7 Å². The van der Waals surface area contributed by atoms with E-state index >= 15 is 0 Å². The van der Waals surface area contributed by atoms with E-state index in [-0.39, 0.29) is 0 Å². The van der Waals surface area contributed by atoms with Crippen LogP contribution in [0.3, 0.4) is 0 Å². The molecule has 1 aromatic heterocycles. The second kappa shape index (κ2) is 2.98. The molecule has 0 aliphatic rings. The van der Waals surface area contributed by atoms with Gasteiger partial charge in [-0.2, -0.15) is 5.26 Å². The van der Waals surface area contributed by atoms with Crippen LogP contribution in [-0.2, 0) is 0 Å². The van der Waals surface area contributed by atoms with Crippen molar-refractivity contribution < 1.29 is 0 Å². The summed E-state index contributed by atoms with van der Waals surface area (Å²) in [7, 11) is 0. The number of anilines is 1. The molecule has 1 heterocycles. The molecule has 0 saturated heterocycles. The number of nitrogen functional groups attached to an aromatic ring is 1. The maximum absolute atomic E-state index is 8.21. The highest BCUT2D eigenvalue weighted by atomic mass is 32.2. The van der Waals surface area contributed by atoms with Crippen LogP contribution in [0.2, 0.25) is 0 Å². The molecule has 0 bridgehead atoms. The summed E-state index contributed by atoms with van der Waals surface area (Å²) >= 11 is 0.869. The highest BCUT2D eigenvalue weighted by Crippen LogP contribution is 2.17. The van der Waals surface area contributed by atoms with Crippen molar-refractivity contribution in [1.29, 1.82) is 5.26 Å². The van der Waals surface area contributed by atoms with Crippen LogP contribution in [-0.4, -0.2) is 15.4 Å². The van der Waals surface area contributed by atoms with E-state index in [1.54, 1.807) is 0 Å². The number of nitrogens with two attached hydrogens (primary N) is 1. The van der Waals surface area contributed by atoms with Crippen LogP contribution in [0.15, 0.2) is 11.2 Å². The standard InChI is InChI=1S/C4H3N5S/c5-2-10-4-3(6)1-7-9-8-4/h1H,(H2,6,9). The van der Waals surface area contributed by atoms with E-state index in [1.807, 2.05) is 5.40 Å². The fourth-order valence-corrected chi connectivity index (χ4v) is 0.724. The Morgan fingerprint density at radius 2 is 2.50 bits per heavy atom. The Bertz CT molecular complexity index is 267. The maximum Gasteiger partial charge on any atom is 0.160 e. The Morgan fingerprint density at radius 3 is 3.10 bits per heavy atom. The summed E-state index contributed by atoms with van der Waals surface area (Å²) < 4.78 is 0. The lowest BCUT2D eigenvalue weighted by Gasteiger charge is -1.92. The molecule has 0 amide bonds. The summed E-state index contributed by atoms with van der Waals surface area (Å²) in [5.41, 5.74) is 5.75. The predicted octanol–water partition coefficient (Wildman–Crippen LogP) is 0.0270. The number of aromatic nitrogens is 3. The molecule has 2 N–H and O–H groups in total. The molecule has 6 heteroatoms. The van der Waals surface area contributed by atoms with Gasteiger partial charge in [0.25, 0.3) is 0 Å². The van der Waals surface area contributed by atoms with Crippen molar-refractivity contribution in [2.75, 3.05) is 5.73 Å². The summed E-state index contributed by atoms with van der Waals surface area (Å²) in [5, 5.41) is 20.7. The largest absolute Gasteiger partial charge is 0.395 e. The van der Waals surface area contributed by atoms with Crippen molar-refractivity contribution in [3.63, 3.8) is 0 Å². The molecular formula is C4H3N5S. The van der Waals surface area contributed by atoms with Gasteiger partial charge in [0.2, 0.25) is 0 Å². The van der Waals surface area contributed by atoms with Crippen LogP contribution < -0.4 is 5.73 Å². The number of hydrogen-bond donors (Lipinski definition) is 1. The minimum absolute atomic E-state index is 0.376. The number of thiocyanates is 1. The SMILES string of the molecule is N#CSc1nnncc1N. The van der Waals surface area contributed by atoms with Crippen molar-refractivity contribution in [1.82, 2.24) is 15.4 Å². The zero-order valence-corrected chi connectivity index (χ0v) is 5.67. The number of hydrogen-bond acceptors (Lipinski definition) is 6. The fraction of sp³-hybridized carbons (Fsp3) is 0. The van der Waals surface area contributed by atoms with E-state index in [2.05, 4.69) is 15.4 Å². The van der Waals surface area contributed by atoms with Crippen LogP contribution in [0.5, 0.6) is 0 Å². The van der Waals surface area contributed by atoms with E-state index in [9.17, 15) is 0 Å². The van der Waals surface area contributed by atoms with Gasteiger partial charge in [-0.15, -0.1) is 10.2 Å². The molecule has 0 aromatic carbocycles. The zero-order valence-electron chi connectivity index (χ0n) is 4.85. The Morgan fingerprint density at radius 1 is 1.70 bits per heavy atom. The van der Waals surface area contributed by atoms with E-state index in [4.69, 9.17) is 11.0 Å². The van der Waals surface area contributed by atoms with Crippen LogP contribution in [0.4, 0.5) is 5.69 Å². The van der Waals surface area contributed by atoms with Crippen molar-refractivity contribution in [2.24, 2.45) is 0 Å². The normalized spacial score (nSPS) is 8.70. The van der Waals surface area contributed by atoms with Crippen LogP contribution in [0.1, 0.15) is 0 Å². The Kier molecular flexibility index (Phi) is 2.02. The molecule has 50 valence electrons. The molecule has 0 fully saturated rings. The lowest BCUT2D eigenvalue weighted by Crippen LogP contribution is -1.95. The number of rotatable bonds is 1. The van der Waals surface area contributed by atoms with E-state index in [1.165, 1.54) is 6.20 Å². The summed E-state index contributed by atoms with van der Waals surface area (Å²) in [6.07, 6.45) is 1.35. The average Bonchev–Trinajstić information content (AvgIpc) is 1.94. The first-order valence-electron chi connectivity index (χ1n) is 2.34. The van der Waals surface area contributed by atoms with E-state index < -0.39 is 0 Å². The monoisotopic (exact) mass is 153 g/mol. The molecule has 1 aromatic rings. The Labute approximate surface area is 61.2 Å². The van der Waals surface area contributed by atoms with Gasteiger partial charge in [0, 0.05) is 11.8 Å². The Balaban J connectivity index is 2.94. The molecule has 0 spiro atoms. The van der Waals surface area contributed by atoms with Gasteiger partial charge in [0.1, 0.15) is 5.40 Å². The molecule has 0 aliphatic carbocycles. The first kappa shape index (κ1) is 6.77. The summed E-state index contributed by atoms with van der Waals surface area (Å²) in [6.45, 7) is 0. The first-order valence-corrected chi connectivity index (χ1v) is 3.16. The van der Waals surface area contributed by atoms with Gasteiger partial charge in [-0.3, -0.25) is 0 Å². The third-order valence-electron chi connectivity index (χ3n) is 0.773. The second-order valence-electron chi connectivity index (χ2n) is 1.39. The van der Waals surface area contributed by atoms with Crippen molar-refractivity contribution >= 4 is 17.4 Å². The first-order chi connectivity index (χ1) is 4.84. The molecule has 5 nitrogen and oxygen atoms in total. The highest BCUT2D eigenvalue weighted by Gasteiger charge is 1.99. The van der Waals surface area contributed by atoms with Gasteiger partial charge in [-0.25, -0.2) is 0 Å². The maximum atomic E-state index is 8.21. The smallest absolute Gasteiger partial charge is 0.160 e. The summed E-state index contributed by atoms with van der Waals surface area (Å²) in [6, 6.07) is 0. The third-order valence-corrected chi connectivity index (χ3v) is 1.38. The lowest BCUT2D eigenvalue weighted by atomic mass is 10.6. The molecule has 0 radical (unpaired) electrons. The summed E-state index contributed by atoms with van der Waals surface area (Å²) in [5.74, 6) is 0. The minimum Gasteiger partial charge on any atom is -0.395 e. The predicted molar refractivity (Wildman–Crippen MR) is 35.7 cm³/mol. The van der Waals surface area contributed by atoms with Crippen LogP contribution in [0.25, 0.3) is 0 Å². The molecule has 0 aliphatic heterocycles. The molecule has 0 saturated carbocycles. The lowest BCUT2D eigenvalue weighted by molar-refractivity contribution is 0.811. The summed E-state index contributed by atoms with van der Waals surface area (Å²) in [4.78, 5) is 0. The van der Waals surface area contributed by atoms with Gasteiger partial charge >= 0.3 is 0 Å². The number of nitrogens with zero attached hydrogens (tertiary/aromatic N) is 4. The minimum atomic E-state index is 0.376. The van der Waals surface area contributed by atoms with Gasteiger partial charge in [-0.1, -0.05) is 0 Å². The van der Waals surface area contributed by atoms with Crippen molar-refractivity contribution in [3.8, 4) is 5.40 Å². The topological polar surface area (TPSA) is 88.5 Å². The van der Waals surface area contributed by atoms with Gasteiger partial charge in [0.15, 0.2) is 5.03 Å². The second-order valence-corrected chi connectivity index (χ2v) is 2.16. The molecular weight excluding hydrogens is 150 g/mol. The van der Waals surface area contributed by atoms with Gasteiger partial charge < -0.3 is 5.73 Å². The quantitative estimate of drug-likeness (QED) is 0.452. The zero-order chi connectivity index (χ0) is 7.40. The molecule has 0 atom stereocenters. The van der Waals surface area contributed by atoms with Crippen LogP contribution >= 0.6 is 11.8 Å². The number of nitriles is 1. The molecule has 1 rings (SSSR count). The highest BCUT2D eigenvalue weighted by molar-refractivity contribution is 8.03. The number of thioether (sulfide) groups is 1. The third kappa shape index (κ3) is 1.33. The van der Waals surface area contributed by atoms with Crippen molar-refractivity contribution in [3.05, 3.63) is 6.20 Å². The van der Waals surface area contributed by atoms with Gasteiger partial charge in [-0.05, 0) is 5.21 Å². The average molecular weight is 153 g/mol. The van der Waals surface area contributed by atoms with Crippen molar-refractivity contribution in [2.45, 2.75) is 5.03 Å². The van der Waals surface area contributed by atoms with Gasteiger partial charge in [0.05, 0.1) is 11.9 Å². The molecule has 10 heavy (non-hydrogen) atoms. The van der Waals surface area contributed by atoms with E-state index in [0.717, 1.165) is 11.8 Å². The van der Waals surface area contributed by atoms with Crippen LogP contribution in [0, 0.1) is 10.7 Å². The Hall–Kier alpha value is -1.35. The molecule has 0 unspecified atom stereocenters. The fourth-order valence-electron chi connectivity index (χ4n) is 0.390.